The van der Waals surface area contributed by atoms with E-state index in [9.17, 15) is 13.2 Å². The number of para-hydroxylation sites is 1. The molecule has 0 aliphatic rings. The molecule has 0 saturated carbocycles. The van der Waals surface area contributed by atoms with Crippen LogP contribution in [-0.4, -0.2) is 49.1 Å². The number of fused-ring (bicyclic) bond motifs is 1. The maximum absolute atomic E-state index is 13.1. The van der Waals surface area contributed by atoms with Gasteiger partial charge in [0.15, 0.2) is 0 Å². The SMILES string of the molecule is CCOc1ccc(NC(=O)CSc2ccnc3ccccc23)cc1S(=O)(=O)N(CC)CC. The monoisotopic (exact) mass is 473 g/mol. The first-order valence-electron chi connectivity index (χ1n) is 10.4. The lowest BCUT2D eigenvalue weighted by Crippen LogP contribution is -2.31. The zero-order chi connectivity index (χ0) is 23.1. The van der Waals surface area contributed by atoms with Gasteiger partial charge in [-0.1, -0.05) is 32.0 Å². The lowest BCUT2D eigenvalue weighted by Gasteiger charge is -2.21. The second kappa shape index (κ2) is 10.8. The molecule has 0 aliphatic carbocycles. The molecule has 170 valence electrons. The molecular formula is C23H27N3O4S2. The number of ether oxygens (including phenoxy) is 1. The Morgan fingerprint density at radius 1 is 1.09 bits per heavy atom. The summed E-state index contributed by atoms with van der Waals surface area (Å²) in [6.07, 6.45) is 1.72. The smallest absolute Gasteiger partial charge is 0.246 e. The first-order chi connectivity index (χ1) is 15.4. The van der Waals surface area contributed by atoms with Crippen molar-refractivity contribution in [3.8, 4) is 5.75 Å². The number of nitrogens with zero attached hydrogens (tertiary/aromatic N) is 2. The normalized spacial score (nSPS) is 11.6. The van der Waals surface area contributed by atoms with Crippen LogP contribution in [0.3, 0.4) is 0 Å². The van der Waals surface area contributed by atoms with Gasteiger partial charge in [0, 0.05) is 35.3 Å². The van der Waals surface area contributed by atoms with Gasteiger partial charge in [0.25, 0.3) is 0 Å². The van der Waals surface area contributed by atoms with E-state index in [0.717, 1.165) is 15.8 Å². The van der Waals surface area contributed by atoms with Gasteiger partial charge < -0.3 is 10.1 Å². The summed E-state index contributed by atoms with van der Waals surface area (Å²) in [6.45, 7) is 6.39. The summed E-state index contributed by atoms with van der Waals surface area (Å²) in [6, 6.07) is 14.3. The van der Waals surface area contributed by atoms with Crippen LogP contribution in [0.1, 0.15) is 20.8 Å². The molecule has 0 saturated heterocycles. The van der Waals surface area contributed by atoms with Crippen LogP contribution in [0.5, 0.6) is 5.75 Å². The molecule has 0 aliphatic heterocycles. The number of rotatable bonds is 10. The summed E-state index contributed by atoms with van der Waals surface area (Å²) in [5, 5.41) is 3.79. The molecule has 9 heteroatoms. The van der Waals surface area contributed by atoms with E-state index in [1.807, 2.05) is 30.3 Å². The minimum Gasteiger partial charge on any atom is -0.492 e. The molecule has 3 aromatic rings. The summed E-state index contributed by atoms with van der Waals surface area (Å²) in [5.74, 6) is 0.223. The Kier molecular flexibility index (Phi) is 8.11. The summed E-state index contributed by atoms with van der Waals surface area (Å²) < 4.78 is 33.1. The Morgan fingerprint density at radius 3 is 2.56 bits per heavy atom. The van der Waals surface area contributed by atoms with Crippen molar-refractivity contribution < 1.29 is 17.9 Å². The van der Waals surface area contributed by atoms with Gasteiger partial charge in [-0.05, 0) is 37.3 Å². The number of benzene rings is 2. The number of sulfonamides is 1. The number of pyridine rings is 1. The van der Waals surface area contributed by atoms with Crippen molar-refractivity contribution in [1.82, 2.24) is 9.29 Å². The van der Waals surface area contributed by atoms with Crippen molar-refractivity contribution >= 4 is 44.3 Å². The van der Waals surface area contributed by atoms with E-state index in [1.54, 1.807) is 39.1 Å². The zero-order valence-corrected chi connectivity index (χ0v) is 20.0. The minimum atomic E-state index is -3.75. The molecule has 3 rings (SSSR count). The maximum Gasteiger partial charge on any atom is 0.246 e. The van der Waals surface area contributed by atoms with Crippen molar-refractivity contribution in [2.75, 3.05) is 30.8 Å². The number of anilines is 1. The van der Waals surface area contributed by atoms with Gasteiger partial charge in [-0.25, -0.2) is 8.42 Å². The van der Waals surface area contributed by atoms with Crippen LogP contribution in [0, 0.1) is 0 Å². The zero-order valence-electron chi connectivity index (χ0n) is 18.4. The number of carbonyl (C=O) groups excluding carboxylic acids is 1. The first kappa shape index (κ1) is 24.0. The molecule has 0 unspecified atom stereocenters. The highest BCUT2D eigenvalue weighted by molar-refractivity contribution is 8.00. The van der Waals surface area contributed by atoms with E-state index in [0.29, 0.717) is 25.4 Å². The fraction of sp³-hybridized carbons (Fsp3) is 0.304. The highest BCUT2D eigenvalue weighted by Crippen LogP contribution is 2.31. The predicted molar refractivity (Wildman–Crippen MR) is 129 cm³/mol. The molecule has 2 aromatic carbocycles. The summed E-state index contributed by atoms with van der Waals surface area (Å²) in [7, 11) is -3.75. The van der Waals surface area contributed by atoms with Gasteiger partial charge in [0.1, 0.15) is 10.6 Å². The van der Waals surface area contributed by atoms with E-state index < -0.39 is 10.0 Å². The van der Waals surface area contributed by atoms with E-state index in [1.165, 1.54) is 22.1 Å². The molecule has 0 bridgehead atoms. The second-order valence-electron chi connectivity index (χ2n) is 6.85. The van der Waals surface area contributed by atoms with Crippen molar-refractivity contribution in [2.45, 2.75) is 30.6 Å². The van der Waals surface area contributed by atoms with Crippen LogP contribution in [0.25, 0.3) is 10.9 Å². The van der Waals surface area contributed by atoms with Crippen LogP contribution in [0.15, 0.2) is 64.5 Å². The number of aromatic nitrogens is 1. The quantitative estimate of drug-likeness (QED) is 0.439. The highest BCUT2D eigenvalue weighted by atomic mass is 32.2. The molecule has 0 atom stereocenters. The molecule has 0 radical (unpaired) electrons. The number of hydrogen-bond acceptors (Lipinski definition) is 6. The maximum atomic E-state index is 13.1. The van der Waals surface area contributed by atoms with Crippen LogP contribution in [0.4, 0.5) is 5.69 Å². The third-order valence-electron chi connectivity index (χ3n) is 4.82. The van der Waals surface area contributed by atoms with Crippen molar-refractivity contribution in [2.24, 2.45) is 0 Å². The molecule has 0 spiro atoms. The minimum absolute atomic E-state index is 0.0497. The molecule has 1 heterocycles. The van der Waals surface area contributed by atoms with E-state index in [4.69, 9.17) is 4.74 Å². The van der Waals surface area contributed by atoms with Gasteiger partial charge in [0.2, 0.25) is 15.9 Å². The number of amides is 1. The molecule has 0 fully saturated rings. The second-order valence-corrected chi connectivity index (χ2v) is 9.77. The summed E-state index contributed by atoms with van der Waals surface area (Å²) >= 11 is 1.41. The number of hydrogen-bond donors (Lipinski definition) is 1. The van der Waals surface area contributed by atoms with E-state index in [-0.39, 0.29) is 22.3 Å². The molecule has 1 amide bonds. The molecule has 1 aromatic heterocycles. The Labute approximate surface area is 193 Å². The average molecular weight is 474 g/mol. The lowest BCUT2D eigenvalue weighted by molar-refractivity contribution is -0.113. The molecule has 1 N–H and O–H groups in total. The van der Waals surface area contributed by atoms with Gasteiger partial charge in [-0.2, -0.15) is 4.31 Å². The molecule has 32 heavy (non-hydrogen) atoms. The van der Waals surface area contributed by atoms with E-state index in [2.05, 4.69) is 10.3 Å². The largest absolute Gasteiger partial charge is 0.492 e. The van der Waals surface area contributed by atoms with Crippen LogP contribution in [0.2, 0.25) is 0 Å². The Morgan fingerprint density at radius 2 is 1.84 bits per heavy atom. The number of nitrogens with one attached hydrogen (secondary N) is 1. The van der Waals surface area contributed by atoms with Crippen molar-refractivity contribution in [3.05, 3.63) is 54.7 Å². The van der Waals surface area contributed by atoms with Crippen LogP contribution in [-0.2, 0) is 14.8 Å². The first-order valence-corrected chi connectivity index (χ1v) is 12.9. The number of carbonyl (C=O) groups is 1. The van der Waals surface area contributed by atoms with Gasteiger partial charge in [-0.3, -0.25) is 9.78 Å². The fourth-order valence-corrected chi connectivity index (χ4v) is 5.76. The Bertz CT molecular complexity index is 1190. The summed E-state index contributed by atoms with van der Waals surface area (Å²) in [5.41, 5.74) is 1.28. The average Bonchev–Trinajstić information content (AvgIpc) is 2.79. The van der Waals surface area contributed by atoms with Gasteiger partial charge in [-0.15, -0.1) is 11.8 Å². The lowest BCUT2D eigenvalue weighted by atomic mass is 10.2. The summed E-state index contributed by atoms with van der Waals surface area (Å²) in [4.78, 5) is 17.9. The topological polar surface area (TPSA) is 88.6 Å². The van der Waals surface area contributed by atoms with E-state index >= 15 is 0 Å². The third kappa shape index (κ3) is 5.40. The van der Waals surface area contributed by atoms with Gasteiger partial charge >= 0.3 is 0 Å². The van der Waals surface area contributed by atoms with Crippen molar-refractivity contribution in [1.29, 1.82) is 0 Å². The highest BCUT2D eigenvalue weighted by Gasteiger charge is 2.26. The van der Waals surface area contributed by atoms with Crippen LogP contribution < -0.4 is 10.1 Å². The molecular weight excluding hydrogens is 446 g/mol. The standard InChI is InChI=1S/C23H27N3O4S2/c1-4-26(5-2)32(28,29)22-15-17(11-12-20(22)30-6-3)25-23(27)16-31-21-13-14-24-19-10-8-7-9-18(19)21/h7-15H,4-6,16H2,1-3H3,(H,25,27). The fourth-order valence-electron chi connectivity index (χ4n) is 3.30. The van der Waals surface area contributed by atoms with Crippen LogP contribution >= 0.6 is 11.8 Å². The number of thioether (sulfide) groups is 1. The third-order valence-corrected chi connectivity index (χ3v) is 7.96. The van der Waals surface area contributed by atoms with Crippen molar-refractivity contribution in [3.63, 3.8) is 0 Å². The Balaban J connectivity index is 1.78. The predicted octanol–water partition coefficient (Wildman–Crippen LogP) is 4.39. The van der Waals surface area contributed by atoms with Gasteiger partial charge in [0.05, 0.1) is 17.9 Å². The Hall–Kier alpha value is -2.62. The molecule has 7 nitrogen and oxygen atoms in total.